The molecule has 2 aliphatic rings. The minimum Gasteiger partial charge on any atom is -0.460 e. The number of ether oxygens (including phenoxy) is 2. The van der Waals surface area contributed by atoms with Crippen LogP contribution in [0.3, 0.4) is 0 Å². The van der Waals surface area contributed by atoms with Crippen LogP contribution in [0.5, 0.6) is 0 Å². The van der Waals surface area contributed by atoms with E-state index in [2.05, 4.69) is 25.7 Å². The number of esters is 1. The van der Waals surface area contributed by atoms with Gasteiger partial charge < -0.3 is 9.47 Å². The predicted molar refractivity (Wildman–Crippen MR) is 83.2 cm³/mol. The van der Waals surface area contributed by atoms with E-state index < -0.39 is 0 Å². The first-order valence-corrected chi connectivity index (χ1v) is 8.19. The molecule has 0 N–H and O–H groups in total. The molecule has 0 amide bonds. The fourth-order valence-corrected chi connectivity index (χ4v) is 3.54. The van der Waals surface area contributed by atoms with Crippen LogP contribution in [0.2, 0.25) is 0 Å². The zero-order valence-electron chi connectivity index (χ0n) is 14.4. The van der Waals surface area contributed by atoms with Crippen molar-refractivity contribution in [1.29, 1.82) is 0 Å². The van der Waals surface area contributed by atoms with E-state index in [1.54, 1.807) is 0 Å². The van der Waals surface area contributed by atoms with E-state index in [0.29, 0.717) is 12.1 Å². The lowest BCUT2D eigenvalue weighted by Gasteiger charge is -2.27. The molecule has 0 aromatic heterocycles. The third kappa shape index (κ3) is 4.43. The molecule has 2 saturated heterocycles. The molecule has 122 valence electrons. The molecule has 21 heavy (non-hydrogen) atoms. The first-order chi connectivity index (χ1) is 9.57. The number of fused-ring (bicyclic) bond motifs is 2. The third-order valence-corrected chi connectivity index (χ3v) is 4.28. The molecule has 2 bridgehead atoms. The molecule has 3 atom stereocenters. The van der Waals surface area contributed by atoms with Crippen molar-refractivity contribution in [2.75, 3.05) is 13.2 Å². The molecule has 0 radical (unpaired) electrons. The standard InChI is InChI=1S/C17H31NO3/c1-16(2,3)20-10-9-18-12-7-8-14(18)13(11-12)15(19)21-17(4,5)6/h12-14H,7-11H2,1-6H3/t12-,13-,14-/m0/s1. The summed E-state index contributed by atoms with van der Waals surface area (Å²) in [4.78, 5) is 14.8. The smallest absolute Gasteiger partial charge is 0.311 e. The van der Waals surface area contributed by atoms with Gasteiger partial charge in [0.25, 0.3) is 0 Å². The van der Waals surface area contributed by atoms with Crippen LogP contribution in [0.25, 0.3) is 0 Å². The van der Waals surface area contributed by atoms with Crippen molar-refractivity contribution >= 4 is 5.97 Å². The van der Waals surface area contributed by atoms with E-state index in [1.165, 1.54) is 6.42 Å². The van der Waals surface area contributed by atoms with Gasteiger partial charge >= 0.3 is 5.97 Å². The number of hydrogen-bond donors (Lipinski definition) is 0. The van der Waals surface area contributed by atoms with Gasteiger partial charge in [0.05, 0.1) is 18.1 Å². The molecule has 0 unspecified atom stereocenters. The third-order valence-electron chi connectivity index (χ3n) is 4.28. The number of rotatable bonds is 4. The topological polar surface area (TPSA) is 38.8 Å². The first kappa shape index (κ1) is 16.8. The van der Waals surface area contributed by atoms with Gasteiger partial charge in [-0.1, -0.05) is 0 Å². The summed E-state index contributed by atoms with van der Waals surface area (Å²) in [5.41, 5.74) is -0.484. The molecule has 2 fully saturated rings. The summed E-state index contributed by atoms with van der Waals surface area (Å²) in [5, 5.41) is 0. The second kappa shape index (κ2) is 5.88. The Balaban J connectivity index is 1.88. The van der Waals surface area contributed by atoms with Gasteiger partial charge in [-0.05, 0) is 60.8 Å². The molecule has 2 heterocycles. The summed E-state index contributed by atoms with van der Waals surface area (Å²) < 4.78 is 11.4. The van der Waals surface area contributed by atoms with Gasteiger partial charge in [0, 0.05) is 18.6 Å². The molecule has 0 aromatic carbocycles. The highest BCUT2D eigenvalue weighted by Crippen LogP contribution is 2.42. The lowest BCUT2D eigenvalue weighted by Crippen LogP contribution is -2.38. The average molecular weight is 297 g/mol. The maximum Gasteiger partial charge on any atom is 0.311 e. The SMILES string of the molecule is CC(C)(C)OCCN1[C@H]2CC[C@H]1[C@@H](C(=O)OC(C)(C)C)C2. The fourth-order valence-electron chi connectivity index (χ4n) is 3.54. The Hall–Kier alpha value is -0.610. The van der Waals surface area contributed by atoms with Crippen molar-refractivity contribution in [3.63, 3.8) is 0 Å². The van der Waals surface area contributed by atoms with Crippen LogP contribution in [0.1, 0.15) is 60.8 Å². The Morgan fingerprint density at radius 3 is 2.33 bits per heavy atom. The summed E-state index contributed by atoms with van der Waals surface area (Å²) in [7, 11) is 0. The predicted octanol–water partition coefficient (Wildman–Crippen LogP) is 3.00. The molecule has 4 nitrogen and oxygen atoms in total. The average Bonchev–Trinajstić information content (AvgIpc) is 2.82. The van der Waals surface area contributed by atoms with Crippen LogP contribution in [-0.2, 0) is 14.3 Å². The minimum absolute atomic E-state index is 0.0172. The second-order valence-electron chi connectivity index (χ2n) is 8.37. The van der Waals surface area contributed by atoms with Crippen LogP contribution in [-0.4, -0.2) is 47.3 Å². The maximum atomic E-state index is 12.3. The molecular formula is C17H31NO3. The van der Waals surface area contributed by atoms with Crippen molar-refractivity contribution in [1.82, 2.24) is 4.90 Å². The molecule has 0 aliphatic carbocycles. The zero-order chi connectivity index (χ0) is 15.8. The highest BCUT2D eigenvalue weighted by Gasteiger charge is 2.49. The number of hydrogen-bond acceptors (Lipinski definition) is 4. The Bertz CT molecular complexity index is 380. The highest BCUT2D eigenvalue weighted by molar-refractivity contribution is 5.74. The van der Waals surface area contributed by atoms with Crippen molar-refractivity contribution < 1.29 is 14.3 Å². The van der Waals surface area contributed by atoms with Gasteiger partial charge in [0.15, 0.2) is 0 Å². The van der Waals surface area contributed by atoms with E-state index >= 15 is 0 Å². The van der Waals surface area contributed by atoms with E-state index in [9.17, 15) is 4.79 Å². The van der Waals surface area contributed by atoms with Crippen LogP contribution >= 0.6 is 0 Å². The largest absolute Gasteiger partial charge is 0.460 e. The summed E-state index contributed by atoms with van der Waals surface area (Å²) in [6.45, 7) is 13.7. The molecule has 0 saturated carbocycles. The van der Waals surface area contributed by atoms with E-state index in [-0.39, 0.29) is 23.1 Å². The molecule has 0 aromatic rings. The zero-order valence-corrected chi connectivity index (χ0v) is 14.4. The van der Waals surface area contributed by atoms with Gasteiger partial charge in [0.1, 0.15) is 5.60 Å². The minimum atomic E-state index is -0.390. The van der Waals surface area contributed by atoms with Crippen molar-refractivity contribution in [2.45, 2.75) is 84.1 Å². The van der Waals surface area contributed by atoms with E-state index in [4.69, 9.17) is 9.47 Å². The monoisotopic (exact) mass is 297 g/mol. The van der Waals surface area contributed by atoms with Crippen LogP contribution in [0, 0.1) is 5.92 Å². The Labute approximate surface area is 129 Å². The summed E-state index contributed by atoms with van der Waals surface area (Å²) in [6.07, 6.45) is 3.28. The second-order valence-corrected chi connectivity index (χ2v) is 8.37. The first-order valence-electron chi connectivity index (χ1n) is 8.19. The Morgan fingerprint density at radius 1 is 1.10 bits per heavy atom. The van der Waals surface area contributed by atoms with Gasteiger partial charge in [-0.2, -0.15) is 0 Å². The Kier molecular flexibility index (Phi) is 4.69. The van der Waals surface area contributed by atoms with Crippen molar-refractivity contribution in [3.8, 4) is 0 Å². The Morgan fingerprint density at radius 2 is 1.76 bits per heavy atom. The van der Waals surface area contributed by atoms with Gasteiger partial charge in [0.2, 0.25) is 0 Å². The molecule has 0 spiro atoms. The summed E-state index contributed by atoms with van der Waals surface area (Å²) >= 11 is 0. The van der Waals surface area contributed by atoms with Crippen molar-refractivity contribution in [2.24, 2.45) is 5.92 Å². The lowest BCUT2D eigenvalue weighted by molar-refractivity contribution is -0.161. The lowest BCUT2D eigenvalue weighted by atomic mass is 9.89. The van der Waals surface area contributed by atoms with Crippen LogP contribution in [0.15, 0.2) is 0 Å². The molecular weight excluding hydrogens is 266 g/mol. The number of nitrogens with zero attached hydrogens (tertiary/aromatic N) is 1. The fraction of sp³-hybridized carbons (Fsp3) is 0.941. The van der Waals surface area contributed by atoms with Gasteiger partial charge in [-0.25, -0.2) is 0 Å². The number of carbonyl (C=O) groups is 1. The van der Waals surface area contributed by atoms with Crippen LogP contribution in [0.4, 0.5) is 0 Å². The maximum absolute atomic E-state index is 12.3. The molecule has 2 rings (SSSR count). The summed E-state index contributed by atoms with van der Waals surface area (Å²) in [5.74, 6) is 0.0362. The quantitative estimate of drug-likeness (QED) is 0.748. The van der Waals surface area contributed by atoms with Crippen LogP contribution < -0.4 is 0 Å². The molecule has 4 heteroatoms. The normalized spacial score (nSPS) is 29.9. The van der Waals surface area contributed by atoms with Gasteiger partial charge in [-0.15, -0.1) is 0 Å². The summed E-state index contributed by atoms with van der Waals surface area (Å²) in [6, 6.07) is 0.893. The van der Waals surface area contributed by atoms with E-state index in [0.717, 1.165) is 26.0 Å². The number of carbonyl (C=O) groups excluding carboxylic acids is 1. The van der Waals surface area contributed by atoms with Gasteiger partial charge in [-0.3, -0.25) is 9.69 Å². The van der Waals surface area contributed by atoms with Crippen molar-refractivity contribution in [3.05, 3.63) is 0 Å². The molecule has 2 aliphatic heterocycles. The highest BCUT2D eigenvalue weighted by atomic mass is 16.6. The van der Waals surface area contributed by atoms with E-state index in [1.807, 2.05) is 20.8 Å².